The molecule has 0 aliphatic heterocycles. The van der Waals surface area contributed by atoms with Crippen molar-refractivity contribution in [1.82, 2.24) is 4.90 Å². The predicted molar refractivity (Wildman–Crippen MR) is 65.6 cm³/mol. The number of aliphatic hydroxyl groups is 1. The Balaban J connectivity index is 2.34. The van der Waals surface area contributed by atoms with E-state index in [9.17, 15) is 9.90 Å². The molecule has 1 N–H and O–H groups in total. The quantitative estimate of drug-likeness (QED) is 0.852. The lowest BCUT2D eigenvalue weighted by Crippen LogP contribution is -2.34. The molecule has 4 heteroatoms. The van der Waals surface area contributed by atoms with Crippen molar-refractivity contribution in [1.29, 1.82) is 0 Å². The lowest BCUT2D eigenvalue weighted by Gasteiger charge is -2.19. The summed E-state index contributed by atoms with van der Waals surface area (Å²) in [6.07, 6.45) is -0.290. The number of rotatable bonds is 5. The van der Waals surface area contributed by atoms with Crippen LogP contribution in [0.1, 0.15) is 18.9 Å². The van der Waals surface area contributed by atoms with E-state index >= 15 is 0 Å². The molecular weight excluding hydrogens is 218 g/mol. The minimum Gasteiger partial charge on any atom is -0.445 e. The topological polar surface area (TPSA) is 49.8 Å². The fourth-order valence-electron chi connectivity index (χ4n) is 1.35. The maximum absolute atomic E-state index is 11.6. The summed E-state index contributed by atoms with van der Waals surface area (Å²) < 4.78 is 5.11. The highest BCUT2D eigenvalue weighted by molar-refractivity contribution is 5.67. The third-order valence-electron chi connectivity index (χ3n) is 2.47. The first-order chi connectivity index (χ1) is 8.13. The van der Waals surface area contributed by atoms with Gasteiger partial charge in [-0.1, -0.05) is 37.3 Å². The van der Waals surface area contributed by atoms with Crippen molar-refractivity contribution in [2.75, 3.05) is 13.6 Å². The Morgan fingerprint density at radius 2 is 2.06 bits per heavy atom. The van der Waals surface area contributed by atoms with Gasteiger partial charge in [-0.15, -0.1) is 0 Å². The van der Waals surface area contributed by atoms with Crippen LogP contribution in [0.4, 0.5) is 4.79 Å². The Bertz CT molecular complexity index is 340. The first-order valence-corrected chi connectivity index (χ1v) is 5.73. The molecule has 0 unspecified atom stereocenters. The van der Waals surface area contributed by atoms with Crippen LogP contribution < -0.4 is 0 Å². The summed E-state index contributed by atoms with van der Waals surface area (Å²) in [6, 6.07) is 9.50. The second kappa shape index (κ2) is 6.91. The van der Waals surface area contributed by atoms with E-state index in [2.05, 4.69) is 0 Å². The SMILES string of the molecule is CC[C@H](O)CN(C)C(=O)OCc1ccccc1. The summed E-state index contributed by atoms with van der Waals surface area (Å²) in [5.41, 5.74) is 0.949. The molecule has 1 aromatic rings. The molecule has 0 bridgehead atoms. The largest absolute Gasteiger partial charge is 0.445 e. The zero-order chi connectivity index (χ0) is 12.7. The van der Waals surface area contributed by atoms with Crippen LogP contribution in [0.5, 0.6) is 0 Å². The van der Waals surface area contributed by atoms with Gasteiger partial charge in [0.15, 0.2) is 0 Å². The Hall–Kier alpha value is -1.55. The van der Waals surface area contributed by atoms with Crippen molar-refractivity contribution in [2.24, 2.45) is 0 Å². The van der Waals surface area contributed by atoms with Gasteiger partial charge in [-0.3, -0.25) is 0 Å². The average molecular weight is 237 g/mol. The minimum atomic E-state index is -0.496. The van der Waals surface area contributed by atoms with Gasteiger partial charge in [-0.05, 0) is 12.0 Å². The summed E-state index contributed by atoms with van der Waals surface area (Å²) in [4.78, 5) is 12.9. The molecule has 1 rings (SSSR count). The zero-order valence-corrected chi connectivity index (χ0v) is 10.3. The number of carbonyl (C=O) groups excluding carboxylic acids is 1. The lowest BCUT2D eigenvalue weighted by atomic mass is 10.2. The van der Waals surface area contributed by atoms with Crippen LogP contribution in [0.25, 0.3) is 0 Å². The second-order valence-electron chi connectivity index (χ2n) is 3.98. The van der Waals surface area contributed by atoms with Gasteiger partial charge in [0, 0.05) is 13.6 Å². The third-order valence-corrected chi connectivity index (χ3v) is 2.47. The van der Waals surface area contributed by atoms with Crippen molar-refractivity contribution in [2.45, 2.75) is 26.1 Å². The van der Waals surface area contributed by atoms with Crippen LogP contribution in [0.3, 0.4) is 0 Å². The Kier molecular flexibility index (Phi) is 5.49. The number of carbonyl (C=O) groups is 1. The van der Waals surface area contributed by atoms with Gasteiger partial charge in [0.05, 0.1) is 6.10 Å². The molecule has 0 aromatic heterocycles. The molecule has 1 aromatic carbocycles. The predicted octanol–water partition coefficient (Wildman–Crippen LogP) is 2.03. The molecule has 4 nitrogen and oxygen atoms in total. The van der Waals surface area contributed by atoms with Crippen LogP contribution in [0.2, 0.25) is 0 Å². The number of likely N-dealkylation sites (N-methyl/N-ethyl adjacent to an activating group) is 1. The smallest absolute Gasteiger partial charge is 0.409 e. The van der Waals surface area contributed by atoms with Gasteiger partial charge in [0.2, 0.25) is 0 Å². The van der Waals surface area contributed by atoms with Crippen molar-refractivity contribution in [3.8, 4) is 0 Å². The standard InChI is InChI=1S/C13H19NO3/c1-3-12(15)9-14(2)13(16)17-10-11-7-5-4-6-8-11/h4-8,12,15H,3,9-10H2,1-2H3/t12-/m0/s1. The highest BCUT2D eigenvalue weighted by Crippen LogP contribution is 2.03. The van der Waals surface area contributed by atoms with Gasteiger partial charge in [-0.2, -0.15) is 0 Å². The van der Waals surface area contributed by atoms with E-state index in [1.807, 2.05) is 37.3 Å². The summed E-state index contributed by atoms with van der Waals surface area (Å²) in [5, 5.41) is 9.41. The van der Waals surface area contributed by atoms with E-state index in [1.165, 1.54) is 4.90 Å². The Labute approximate surface area is 102 Å². The highest BCUT2D eigenvalue weighted by atomic mass is 16.6. The van der Waals surface area contributed by atoms with Crippen molar-refractivity contribution in [3.63, 3.8) is 0 Å². The van der Waals surface area contributed by atoms with E-state index < -0.39 is 12.2 Å². The maximum atomic E-state index is 11.6. The van der Waals surface area contributed by atoms with E-state index in [1.54, 1.807) is 7.05 Å². The summed E-state index contributed by atoms with van der Waals surface area (Å²) in [7, 11) is 1.62. The molecule has 0 radical (unpaired) electrons. The molecule has 1 atom stereocenters. The fourth-order valence-corrected chi connectivity index (χ4v) is 1.35. The van der Waals surface area contributed by atoms with E-state index in [4.69, 9.17) is 4.74 Å². The van der Waals surface area contributed by atoms with Gasteiger partial charge >= 0.3 is 6.09 Å². The number of ether oxygens (including phenoxy) is 1. The second-order valence-corrected chi connectivity index (χ2v) is 3.98. The molecule has 1 amide bonds. The van der Waals surface area contributed by atoms with Crippen LogP contribution in [-0.4, -0.2) is 35.8 Å². The van der Waals surface area contributed by atoms with Gasteiger partial charge in [0.25, 0.3) is 0 Å². The zero-order valence-electron chi connectivity index (χ0n) is 10.3. The van der Waals surface area contributed by atoms with E-state index in [-0.39, 0.29) is 6.61 Å². The number of hydrogen-bond acceptors (Lipinski definition) is 3. The molecule has 0 spiro atoms. The number of nitrogens with zero attached hydrogens (tertiary/aromatic N) is 1. The van der Waals surface area contributed by atoms with Gasteiger partial charge in [0.1, 0.15) is 6.61 Å². The van der Waals surface area contributed by atoms with Crippen molar-refractivity contribution in [3.05, 3.63) is 35.9 Å². The van der Waals surface area contributed by atoms with Crippen LogP contribution in [0, 0.1) is 0 Å². The molecule has 94 valence electrons. The monoisotopic (exact) mass is 237 g/mol. The molecule has 0 fully saturated rings. The molecule has 0 saturated heterocycles. The lowest BCUT2D eigenvalue weighted by molar-refractivity contribution is 0.0777. The number of hydrogen-bond donors (Lipinski definition) is 1. The van der Waals surface area contributed by atoms with Crippen LogP contribution in [-0.2, 0) is 11.3 Å². The van der Waals surface area contributed by atoms with E-state index in [0.29, 0.717) is 13.0 Å². The molecule has 0 aliphatic rings. The highest BCUT2D eigenvalue weighted by Gasteiger charge is 2.13. The van der Waals surface area contributed by atoms with E-state index in [0.717, 1.165) is 5.56 Å². The molecule has 0 saturated carbocycles. The van der Waals surface area contributed by atoms with Crippen molar-refractivity contribution >= 4 is 6.09 Å². The summed E-state index contributed by atoms with van der Waals surface area (Å²) >= 11 is 0. The Morgan fingerprint density at radius 3 is 2.65 bits per heavy atom. The maximum Gasteiger partial charge on any atom is 0.409 e. The third kappa shape index (κ3) is 4.87. The normalized spacial score (nSPS) is 11.9. The molecule has 17 heavy (non-hydrogen) atoms. The van der Waals surface area contributed by atoms with Gasteiger partial charge in [-0.25, -0.2) is 4.79 Å². The summed E-state index contributed by atoms with van der Waals surface area (Å²) in [5.74, 6) is 0. The number of amides is 1. The number of benzene rings is 1. The number of aliphatic hydroxyl groups excluding tert-OH is 1. The first-order valence-electron chi connectivity index (χ1n) is 5.73. The fraction of sp³-hybridized carbons (Fsp3) is 0.462. The van der Waals surface area contributed by atoms with Gasteiger partial charge < -0.3 is 14.7 Å². The van der Waals surface area contributed by atoms with Crippen LogP contribution in [0.15, 0.2) is 30.3 Å². The minimum absolute atomic E-state index is 0.256. The molecular formula is C13H19NO3. The summed E-state index contributed by atoms with van der Waals surface area (Å²) in [6.45, 7) is 2.42. The molecule has 0 heterocycles. The first kappa shape index (κ1) is 13.5. The Morgan fingerprint density at radius 1 is 1.41 bits per heavy atom. The average Bonchev–Trinajstić information content (AvgIpc) is 2.36. The van der Waals surface area contributed by atoms with Crippen molar-refractivity contribution < 1.29 is 14.6 Å². The van der Waals surface area contributed by atoms with Crippen LogP contribution >= 0.6 is 0 Å². The molecule has 0 aliphatic carbocycles.